The molecular weight excluding hydrogens is 414 g/mol. The molecule has 5 rings (SSSR count). The lowest BCUT2D eigenvalue weighted by molar-refractivity contribution is -0.139. The summed E-state index contributed by atoms with van der Waals surface area (Å²) in [5, 5.41) is 3.59. The first-order valence-electron chi connectivity index (χ1n) is 11.7. The topological polar surface area (TPSA) is 59.1 Å². The van der Waals surface area contributed by atoms with E-state index in [1.54, 1.807) is 11.9 Å². The van der Waals surface area contributed by atoms with E-state index in [0.717, 1.165) is 38.0 Å². The van der Waals surface area contributed by atoms with E-state index in [1.165, 1.54) is 10.5 Å². The molecule has 7 nitrogen and oxygen atoms in total. The summed E-state index contributed by atoms with van der Waals surface area (Å²) in [6, 6.07) is 19.8. The first kappa shape index (κ1) is 21.8. The number of likely N-dealkylation sites (N-methyl/N-ethyl adjacent to an activating group) is 1. The summed E-state index contributed by atoms with van der Waals surface area (Å²) in [5.41, 5.74) is 2.36. The van der Waals surface area contributed by atoms with Gasteiger partial charge in [-0.1, -0.05) is 72.8 Å². The third-order valence-electron chi connectivity index (χ3n) is 6.90. The highest BCUT2D eigenvalue weighted by molar-refractivity contribution is 6.00. The van der Waals surface area contributed by atoms with Crippen LogP contribution in [-0.4, -0.2) is 83.3 Å². The summed E-state index contributed by atoms with van der Waals surface area (Å²) in [4.78, 5) is 34.3. The molecule has 0 saturated carbocycles. The summed E-state index contributed by atoms with van der Waals surface area (Å²) < 4.78 is 0. The predicted molar refractivity (Wildman–Crippen MR) is 128 cm³/mol. The van der Waals surface area contributed by atoms with Gasteiger partial charge < -0.3 is 4.90 Å². The zero-order valence-electron chi connectivity index (χ0n) is 19.0. The minimum atomic E-state index is -0.359. The van der Waals surface area contributed by atoms with Gasteiger partial charge >= 0.3 is 6.03 Å². The molecule has 0 bridgehead atoms. The maximum Gasteiger partial charge on any atom is 0.328 e. The monoisotopic (exact) mass is 445 g/mol. The summed E-state index contributed by atoms with van der Waals surface area (Å²) >= 11 is 0. The molecule has 0 radical (unpaired) electrons. The summed E-state index contributed by atoms with van der Waals surface area (Å²) in [7, 11) is 1.79. The molecule has 3 amide bonds. The van der Waals surface area contributed by atoms with E-state index < -0.39 is 0 Å². The van der Waals surface area contributed by atoms with Crippen LogP contribution in [0.3, 0.4) is 0 Å². The lowest BCUT2D eigenvalue weighted by atomic mass is 10.1. The number of hydrogen-bond donors (Lipinski definition) is 1. The molecule has 3 saturated heterocycles. The number of hydrogen-bond acceptors (Lipinski definition) is 5. The van der Waals surface area contributed by atoms with Crippen molar-refractivity contribution in [2.75, 3.05) is 33.2 Å². The van der Waals surface area contributed by atoms with Crippen LogP contribution in [0.25, 0.3) is 6.08 Å². The van der Waals surface area contributed by atoms with Gasteiger partial charge in [-0.25, -0.2) is 4.79 Å². The van der Waals surface area contributed by atoms with Crippen LogP contribution in [0.15, 0.2) is 66.7 Å². The van der Waals surface area contributed by atoms with Gasteiger partial charge in [-0.3, -0.25) is 24.8 Å². The Morgan fingerprint density at radius 2 is 1.73 bits per heavy atom. The third-order valence-corrected chi connectivity index (χ3v) is 6.90. The molecule has 2 aromatic rings. The van der Waals surface area contributed by atoms with E-state index in [4.69, 9.17) is 0 Å². The zero-order chi connectivity index (χ0) is 22.8. The van der Waals surface area contributed by atoms with Crippen LogP contribution in [0, 0.1) is 0 Å². The van der Waals surface area contributed by atoms with Crippen LogP contribution in [-0.2, 0) is 11.2 Å². The van der Waals surface area contributed by atoms with E-state index in [2.05, 4.69) is 39.4 Å². The maximum atomic E-state index is 13.5. The van der Waals surface area contributed by atoms with Crippen molar-refractivity contribution >= 4 is 18.0 Å². The number of carbonyl (C=O) groups excluding carboxylic acids is 2. The fraction of sp³-hybridized carbons (Fsp3) is 0.385. The highest BCUT2D eigenvalue weighted by atomic mass is 16.2. The molecule has 33 heavy (non-hydrogen) atoms. The highest BCUT2D eigenvalue weighted by Crippen LogP contribution is 2.30. The Morgan fingerprint density at radius 1 is 1.00 bits per heavy atom. The normalized spacial score (nSPS) is 26.2. The van der Waals surface area contributed by atoms with Crippen LogP contribution in [0.4, 0.5) is 4.79 Å². The fourth-order valence-electron chi connectivity index (χ4n) is 5.17. The van der Waals surface area contributed by atoms with E-state index in [9.17, 15) is 9.59 Å². The van der Waals surface area contributed by atoms with Gasteiger partial charge in [0, 0.05) is 33.2 Å². The Kier molecular flexibility index (Phi) is 6.26. The fourth-order valence-corrected chi connectivity index (χ4v) is 5.17. The lowest BCUT2D eigenvalue weighted by Gasteiger charge is -2.43. The number of benzene rings is 2. The van der Waals surface area contributed by atoms with Crippen LogP contribution < -0.4 is 5.32 Å². The Balaban J connectivity index is 1.29. The number of amides is 3. The molecule has 3 heterocycles. The van der Waals surface area contributed by atoms with E-state index in [1.807, 2.05) is 48.6 Å². The maximum absolute atomic E-state index is 13.5. The molecule has 7 heteroatoms. The van der Waals surface area contributed by atoms with Gasteiger partial charge in [0.05, 0.1) is 0 Å². The largest absolute Gasteiger partial charge is 0.328 e. The van der Waals surface area contributed by atoms with Crippen molar-refractivity contribution in [1.29, 1.82) is 0 Å². The van der Waals surface area contributed by atoms with Crippen molar-refractivity contribution in [2.45, 2.75) is 31.3 Å². The number of nitrogens with one attached hydrogen (secondary N) is 1. The molecule has 0 aromatic heterocycles. The second-order valence-electron chi connectivity index (χ2n) is 8.95. The van der Waals surface area contributed by atoms with Crippen molar-refractivity contribution < 1.29 is 9.59 Å². The Morgan fingerprint density at radius 3 is 2.48 bits per heavy atom. The van der Waals surface area contributed by atoms with Crippen LogP contribution >= 0.6 is 0 Å². The molecule has 1 N–H and O–H groups in total. The second-order valence-corrected chi connectivity index (χ2v) is 8.95. The van der Waals surface area contributed by atoms with Gasteiger partial charge in [0.1, 0.15) is 18.5 Å². The van der Waals surface area contributed by atoms with Gasteiger partial charge in [-0.2, -0.15) is 0 Å². The van der Waals surface area contributed by atoms with Crippen molar-refractivity contribution in [3.63, 3.8) is 0 Å². The SMILES string of the molecule is CN1C(=O)N(C/C=C/c2ccccc2)C(=O)C2C1NC1N(CCc3ccccc3)CCCN21. The van der Waals surface area contributed by atoms with Crippen LogP contribution in [0.2, 0.25) is 0 Å². The standard InChI is InChI=1S/C26H31N5O2/c1-28-23-22(24(32)31(26(28)33)17-8-14-20-10-4-2-5-11-20)30-18-9-16-29(25(30)27-23)19-15-21-12-6-3-7-13-21/h2-8,10-14,22-23,25,27H,9,15-19H2,1H3/b14-8+. The number of nitrogens with zero attached hydrogens (tertiary/aromatic N) is 4. The Hall–Kier alpha value is -3.00. The first-order chi connectivity index (χ1) is 16.1. The number of fused-ring (bicyclic) bond motifs is 3. The average molecular weight is 446 g/mol. The van der Waals surface area contributed by atoms with Crippen molar-refractivity contribution in [3.05, 3.63) is 77.9 Å². The van der Waals surface area contributed by atoms with Crippen LogP contribution in [0.1, 0.15) is 17.5 Å². The smallest absolute Gasteiger partial charge is 0.310 e. The number of urea groups is 1. The van der Waals surface area contributed by atoms with Gasteiger partial charge in [-0.15, -0.1) is 0 Å². The quantitative estimate of drug-likeness (QED) is 0.740. The van der Waals surface area contributed by atoms with Crippen LogP contribution in [0.5, 0.6) is 0 Å². The second kappa shape index (κ2) is 9.47. The molecule has 0 spiro atoms. The number of imide groups is 1. The summed E-state index contributed by atoms with van der Waals surface area (Å²) in [6.07, 6.45) is 5.48. The number of carbonyl (C=O) groups is 2. The molecule has 2 aromatic carbocycles. The molecule has 172 valence electrons. The average Bonchev–Trinajstić information content (AvgIpc) is 3.25. The molecule has 3 aliphatic rings. The van der Waals surface area contributed by atoms with Gasteiger partial charge in [0.2, 0.25) is 0 Å². The molecule has 3 atom stereocenters. The first-order valence-corrected chi connectivity index (χ1v) is 11.7. The van der Waals surface area contributed by atoms with Gasteiger partial charge in [-0.05, 0) is 24.0 Å². The summed E-state index contributed by atoms with van der Waals surface area (Å²) in [6.45, 7) is 3.02. The predicted octanol–water partition coefficient (Wildman–Crippen LogP) is 2.43. The van der Waals surface area contributed by atoms with E-state index >= 15 is 0 Å². The van der Waals surface area contributed by atoms with Gasteiger partial charge in [0.25, 0.3) is 5.91 Å². The number of rotatable bonds is 6. The molecule has 3 aliphatic heterocycles. The minimum Gasteiger partial charge on any atom is -0.310 e. The molecular formula is C26H31N5O2. The Labute approximate surface area is 195 Å². The minimum absolute atomic E-state index is 0.0310. The van der Waals surface area contributed by atoms with Crippen molar-refractivity contribution in [2.24, 2.45) is 0 Å². The summed E-state index contributed by atoms with van der Waals surface area (Å²) in [5.74, 6) is -0.110. The van der Waals surface area contributed by atoms with E-state index in [0.29, 0.717) is 0 Å². The zero-order valence-corrected chi connectivity index (χ0v) is 19.0. The lowest BCUT2D eigenvalue weighted by Crippen LogP contribution is -2.66. The highest BCUT2D eigenvalue weighted by Gasteiger charge is 2.55. The van der Waals surface area contributed by atoms with E-state index in [-0.39, 0.29) is 37.0 Å². The third kappa shape index (κ3) is 4.31. The molecule has 0 aliphatic carbocycles. The van der Waals surface area contributed by atoms with Crippen molar-refractivity contribution in [1.82, 2.24) is 24.9 Å². The Bertz CT molecular complexity index is 1010. The molecule has 3 fully saturated rings. The molecule has 3 unspecified atom stereocenters. The van der Waals surface area contributed by atoms with Gasteiger partial charge in [0.15, 0.2) is 0 Å². The van der Waals surface area contributed by atoms with Crippen molar-refractivity contribution in [3.8, 4) is 0 Å².